The molecule has 2 rings (SSSR count). The van der Waals surface area contributed by atoms with Crippen LogP contribution >= 0.6 is 11.3 Å². The highest BCUT2D eigenvalue weighted by molar-refractivity contribution is 7.12. The van der Waals surface area contributed by atoms with Gasteiger partial charge in [0.25, 0.3) is 11.8 Å². The highest BCUT2D eigenvalue weighted by Crippen LogP contribution is 2.20. The van der Waals surface area contributed by atoms with E-state index in [0.717, 1.165) is 20.7 Å². The first kappa shape index (κ1) is 13.4. The Labute approximate surface area is 112 Å². The largest absolute Gasteiger partial charge is 0.478 e. The van der Waals surface area contributed by atoms with Crippen molar-refractivity contribution in [1.29, 1.82) is 0 Å². The van der Waals surface area contributed by atoms with Crippen LogP contribution in [0.3, 0.4) is 0 Å². The number of ether oxygens (including phenoxy) is 1. The van der Waals surface area contributed by atoms with Gasteiger partial charge in [-0.05, 0) is 18.2 Å². The number of amides is 2. The van der Waals surface area contributed by atoms with Crippen LogP contribution in [0.5, 0.6) is 0 Å². The average Bonchev–Trinajstić information content (AvgIpc) is 2.79. The average molecular weight is 281 g/mol. The molecular weight excluding hydrogens is 270 g/mol. The zero-order chi connectivity index (χ0) is 13.8. The molecule has 19 heavy (non-hydrogen) atoms. The smallest absolute Gasteiger partial charge is 0.328 e. The lowest BCUT2D eigenvalue weighted by Gasteiger charge is -2.24. The maximum atomic E-state index is 11.5. The minimum atomic E-state index is -1.02. The molecule has 0 aromatic carbocycles. The van der Waals surface area contributed by atoms with Gasteiger partial charge in [0.15, 0.2) is 0 Å². The molecule has 2 amide bonds. The number of morpholine rings is 1. The number of carboxylic acids is 1. The highest BCUT2D eigenvalue weighted by Gasteiger charge is 2.26. The summed E-state index contributed by atoms with van der Waals surface area (Å²) in [4.78, 5) is 36.2. The quantitative estimate of drug-likeness (QED) is 0.649. The van der Waals surface area contributed by atoms with Crippen molar-refractivity contribution in [3.63, 3.8) is 0 Å². The summed E-state index contributed by atoms with van der Waals surface area (Å²) in [7, 11) is 0. The van der Waals surface area contributed by atoms with Crippen LogP contribution in [0.15, 0.2) is 18.2 Å². The second kappa shape index (κ2) is 5.77. The fourth-order valence-corrected chi connectivity index (χ4v) is 2.48. The number of hydrogen-bond acceptors (Lipinski definition) is 5. The second-order valence-electron chi connectivity index (χ2n) is 3.84. The van der Waals surface area contributed by atoms with E-state index in [2.05, 4.69) is 0 Å². The van der Waals surface area contributed by atoms with E-state index in [1.807, 2.05) is 0 Å². The van der Waals surface area contributed by atoms with Gasteiger partial charge in [0, 0.05) is 15.8 Å². The summed E-state index contributed by atoms with van der Waals surface area (Å²) in [5.74, 6) is -1.73. The molecule has 0 bridgehead atoms. The maximum absolute atomic E-state index is 11.5. The standard InChI is InChI=1S/C12H11NO5S/c14-10-6-18-7-11(15)13(10)5-9-2-1-8(19-9)3-4-12(16)17/h1-4H,5-7H2,(H,16,17). The Bertz CT molecular complexity index is 532. The van der Waals surface area contributed by atoms with Crippen molar-refractivity contribution in [2.75, 3.05) is 13.2 Å². The van der Waals surface area contributed by atoms with E-state index >= 15 is 0 Å². The summed E-state index contributed by atoms with van der Waals surface area (Å²) >= 11 is 1.34. The maximum Gasteiger partial charge on any atom is 0.328 e. The van der Waals surface area contributed by atoms with E-state index < -0.39 is 5.97 Å². The third-order valence-corrected chi connectivity index (χ3v) is 3.47. The molecule has 0 spiro atoms. The zero-order valence-electron chi connectivity index (χ0n) is 9.87. The summed E-state index contributed by atoms with van der Waals surface area (Å²) in [5, 5.41) is 8.52. The Morgan fingerprint density at radius 1 is 1.37 bits per heavy atom. The number of carboxylic acid groups (broad SMARTS) is 1. The summed E-state index contributed by atoms with van der Waals surface area (Å²) < 4.78 is 4.82. The number of imide groups is 1. The molecule has 0 atom stereocenters. The van der Waals surface area contributed by atoms with Gasteiger partial charge in [0.05, 0.1) is 6.54 Å². The fraction of sp³-hybridized carbons (Fsp3) is 0.250. The fourth-order valence-electron chi connectivity index (χ4n) is 1.58. The third kappa shape index (κ3) is 3.49. The second-order valence-corrected chi connectivity index (χ2v) is 5.04. The van der Waals surface area contributed by atoms with Crippen LogP contribution in [0.4, 0.5) is 0 Å². The van der Waals surface area contributed by atoms with Gasteiger partial charge in [-0.3, -0.25) is 14.5 Å². The van der Waals surface area contributed by atoms with Crippen LogP contribution in [-0.2, 0) is 25.7 Å². The van der Waals surface area contributed by atoms with Gasteiger partial charge in [0.2, 0.25) is 0 Å². The summed E-state index contributed by atoms with van der Waals surface area (Å²) in [6, 6.07) is 3.51. The van der Waals surface area contributed by atoms with E-state index in [9.17, 15) is 14.4 Å². The first-order valence-corrected chi connectivity index (χ1v) is 6.28. The molecule has 1 saturated heterocycles. The molecule has 6 nitrogen and oxygen atoms in total. The van der Waals surface area contributed by atoms with Crippen LogP contribution in [0.2, 0.25) is 0 Å². The van der Waals surface area contributed by atoms with Gasteiger partial charge in [-0.25, -0.2) is 4.79 Å². The number of nitrogens with zero attached hydrogens (tertiary/aromatic N) is 1. The van der Waals surface area contributed by atoms with Gasteiger partial charge >= 0.3 is 5.97 Å². The predicted molar refractivity (Wildman–Crippen MR) is 67.4 cm³/mol. The van der Waals surface area contributed by atoms with Gasteiger partial charge in [-0.1, -0.05) is 0 Å². The van der Waals surface area contributed by atoms with E-state index in [1.165, 1.54) is 17.4 Å². The van der Waals surface area contributed by atoms with Crippen LogP contribution < -0.4 is 0 Å². The van der Waals surface area contributed by atoms with Crippen molar-refractivity contribution in [3.8, 4) is 0 Å². The lowest BCUT2D eigenvalue weighted by atomic mass is 10.3. The minimum absolute atomic E-state index is 0.0805. The molecule has 1 N–H and O–H groups in total. The van der Waals surface area contributed by atoms with Crippen molar-refractivity contribution in [1.82, 2.24) is 4.90 Å². The topological polar surface area (TPSA) is 83.9 Å². The predicted octanol–water partition coefficient (Wildman–Crippen LogP) is 0.731. The molecule has 0 radical (unpaired) electrons. The van der Waals surface area contributed by atoms with Crippen molar-refractivity contribution in [2.24, 2.45) is 0 Å². The Kier molecular flexibility index (Phi) is 4.08. The van der Waals surface area contributed by atoms with Crippen LogP contribution in [-0.4, -0.2) is 41.0 Å². The Balaban J connectivity index is 2.05. The zero-order valence-corrected chi connectivity index (χ0v) is 10.7. The summed E-state index contributed by atoms with van der Waals surface area (Å²) in [6.07, 6.45) is 2.51. The molecule has 0 aliphatic carbocycles. The Morgan fingerprint density at radius 3 is 2.68 bits per heavy atom. The molecule has 2 heterocycles. The Hall–Kier alpha value is -1.99. The number of thiophene rings is 1. The summed E-state index contributed by atoms with van der Waals surface area (Å²) in [5.41, 5.74) is 0. The first-order chi connectivity index (χ1) is 9.06. The van der Waals surface area contributed by atoms with Crippen LogP contribution in [0.25, 0.3) is 6.08 Å². The third-order valence-electron chi connectivity index (χ3n) is 2.44. The molecule has 1 aliphatic rings. The molecule has 1 aromatic heterocycles. The number of carbonyl (C=O) groups is 3. The highest BCUT2D eigenvalue weighted by atomic mass is 32.1. The monoisotopic (exact) mass is 281 g/mol. The number of rotatable bonds is 4. The van der Waals surface area contributed by atoms with E-state index in [0.29, 0.717) is 0 Å². The first-order valence-electron chi connectivity index (χ1n) is 5.47. The van der Waals surface area contributed by atoms with E-state index in [-0.39, 0.29) is 31.6 Å². The molecule has 100 valence electrons. The van der Waals surface area contributed by atoms with Crippen molar-refractivity contribution in [3.05, 3.63) is 28.0 Å². The normalized spacial score (nSPS) is 16.3. The van der Waals surface area contributed by atoms with Crippen LogP contribution in [0.1, 0.15) is 9.75 Å². The lowest BCUT2D eigenvalue weighted by molar-refractivity contribution is -0.159. The number of aliphatic carboxylic acids is 1. The minimum Gasteiger partial charge on any atom is -0.478 e. The van der Waals surface area contributed by atoms with Crippen molar-refractivity contribution in [2.45, 2.75) is 6.54 Å². The van der Waals surface area contributed by atoms with Crippen LogP contribution in [0, 0.1) is 0 Å². The van der Waals surface area contributed by atoms with Crippen molar-refractivity contribution >= 4 is 35.2 Å². The molecule has 0 saturated carbocycles. The Morgan fingerprint density at radius 2 is 2.05 bits per heavy atom. The molecule has 1 aromatic rings. The molecule has 1 fully saturated rings. The van der Waals surface area contributed by atoms with Gasteiger partial charge in [0.1, 0.15) is 13.2 Å². The van der Waals surface area contributed by atoms with Gasteiger partial charge in [-0.15, -0.1) is 11.3 Å². The van der Waals surface area contributed by atoms with Gasteiger partial charge < -0.3 is 9.84 Å². The molecular formula is C12H11NO5S. The number of carbonyl (C=O) groups excluding carboxylic acids is 2. The SMILES string of the molecule is O=C(O)C=Cc1ccc(CN2C(=O)COCC2=O)s1. The van der Waals surface area contributed by atoms with Crippen molar-refractivity contribution < 1.29 is 24.2 Å². The molecule has 0 unspecified atom stereocenters. The molecule has 7 heteroatoms. The molecule has 1 aliphatic heterocycles. The lowest BCUT2D eigenvalue weighted by Crippen LogP contribution is -2.45. The van der Waals surface area contributed by atoms with E-state index in [4.69, 9.17) is 9.84 Å². The van der Waals surface area contributed by atoms with E-state index in [1.54, 1.807) is 12.1 Å². The summed E-state index contributed by atoms with van der Waals surface area (Å²) in [6.45, 7) is 0.0401. The number of hydrogen-bond donors (Lipinski definition) is 1. The van der Waals surface area contributed by atoms with Gasteiger partial charge in [-0.2, -0.15) is 0 Å².